The molecule has 1 aliphatic heterocycles. The molecule has 0 fully saturated rings. The standard InChI is InChI=1S/C28H25FN2O/c1-18-5-7-19(8-6-18)21-9-12-24-26(16-21)30(2)25-13-10-22(17-27(25)31(24)3)20-11-14-28(32-4)23(29)15-20/h5-17H,1-4H3. The minimum absolute atomic E-state index is 0.252. The number of methoxy groups -OCH3 is 1. The lowest BCUT2D eigenvalue weighted by atomic mass is 9.98. The summed E-state index contributed by atoms with van der Waals surface area (Å²) >= 11 is 0. The molecule has 0 atom stereocenters. The van der Waals surface area contributed by atoms with E-state index in [4.69, 9.17) is 4.74 Å². The number of halogens is 1. The second-order valence-electron chi connectivity index (χ2n) is 8.24. The SMILES string of the molecule is COc1ccc(-c2ccc3c(c2)N(C)c2ccc(-c4ccc(C)cc4)cc2N3C)cc1F. The third-order valence-corrected chi connectivity index (χ3v) is 6.27. The smallest absolute Gasteiger partial charge is 0.165 e. The normalized spacial score (nSPS) is 12.4. The number of hydrogen-bond donors (Lipinski definition) is 0. The minimum Gasteiger partial charge on any atom is -0.494 e. The highest BCUT2D eigenvalue weighted by atomic mass is 19.1. The number of fused-ring (bicyclic) bond motifs is 2. The fraction of sp³-hybridized carbons (Fsp3) is 0.143. The van der Waals surface area contributed by atoms with Crippen LogP contribution in [0.1, 0.15) is 5.56 Å². The van der Waals surface area contributed by atoms with E-state index < -0.39 is 0 Å². The average molecular weight is 425 g/mol. The molecule has 0 radical (unpaired) electrons. The zero-order chi connectivity index (χ0) is 22.4. The van der Waals surface area contributed by atoms with Gasteiger partial charge in [0.15, 0.2) is 11.6 Å². The molecular weight excluding hydrogens is 399 g/mol. The van der Waals surface area contributed by atoms with Crippen LogP contribution in [0.15, 0.2) is 78.9 Å². The van der Waals surface area contributed by atoms with Crippen molar-refractivity contribution in [1.82, 2.24) is 0 Å². The van der Waals surface area contributed by atoms with Gasteiger partial charge in [0.05, 0.1) is 29.9 Å². The van der Waals surface area contributed by atoms with E-state index in [-0.39, 0.29) is 11.6 Å². The Balaban J connectivity index is 1.55. The van der Waals surface area contributed by atoms with Crippen LogP contribution in [0.3, 0.4) is 0 Å². The second-order valence-corrected chi connectivity index (χ2v) is 8.24. The maximum absolute atomic E-state index is 14.3. The van der Waals surface area contributed by atoms with Crippen LogP contribution in [0.25, 0.3) is 22.3 Å². The van der Waals surface area contributed by atoms with Gasteiger partial charge < -0.3 is 14.5 Å². The summed E-state index contributed by atoms with van der Waals surface area (Å²) in [6, 6.07) is 26.5. The zero-order valence-corrected chi connectivity index (χ0v) is 18.7. The maximum atomic E-state index is 14.3. The molecule has 0 amide bonds. The van der Waals surface area contributed by atoms with Gasteiger partial charge in [-0.05, 0) is 65.6 Å². The predicted octanol–water partition coefficient (Wildman–Crippen LogP) is 7.33. The summed E-state index contributed by atoms with van der Waals surface area (Å²) < 4.78 is 19.3. The van der Waals surface area contributed by atoms with Crippen molar-refractivity contribution in [2.24, 2.45) is 0 Å². The number of hydrogen-bond acceptors (Lipinski definition) is 3. The van der Waals surface area contributed by atoms with E-state index >= 15 is 0 Å². The van der Waals surface area contributed by atoms with Crippen LogP contribution in [-0.4, -0.2) is 21.2 Å². The summed E-state index contributed by atoms with van der Waals surface area (Å²) in [6.45, 7) is 2.10. The molecule has 0 saturated heterocycles. The zero-order valence-electron chi connectivity index (χ0n) is 18.7. The maximum Gasteiger partial charge on any atom is 0.165 e. The van der Waals surface area contributed by atoms with Gasteiger partial charge in [-0.25, -0.2) is 4.39 Å². The van der Waals surface area contributed by atoms with Crippen molar-refractivity contribution in [3.63, 3.8) is 0 Å². The average Bonchev–Trinajstić information content (AvgIpc) is 2.82. The summed E-state index contributed by atoms with van der Waals surface area (Å²) in [6.07, 6.45) is 0. The van der Waals surface area contributed by atoms with Crippen LogP contribution in [0.4, 0.5) is 27.1 Å². The molecule has 0 N–H and O–H groups in total. The van der Waals surface area contributed by atoms with Crippen molar-refractivity contribution in [3.05, 3.63) is 90.2 Å². The van der Waals surface area contributed by atoms with Crippen LogP contribution in [0.2, 0.25) is 0 Å². The molecule has 32 heavy (non-hydrogen) atoms. The van der Waals surface area contributed by atoms with E-state index in [1.807, 2.05) is 12.1 Å². The van der Waals surface area contributed by atoms with Crippen LogP contribution in [-0.2, 0) is 0 Å². The molecule has 5 rings (SSSR count). The molecule has 0 aliphatic carbocycles. The molecule has 0 unspecified atom stereocenters. The van der Waals surface area contributed by atoms with Gasteiger partial charge in [-0.1, -0.05) is 48.0 Å². The summed E-state index contributed by atoms with van der Waals surface area (Å²) in [7, 11) is 5.65. The molecule has 4 aromatic rings. The number of rotatable bonds is 3. The van der Waals surface area contributed by atoms with Gasteiger partial charge in [-0.2, -0.15) is 0 Å². The number of nitrogens with zero attached hydrogens (tertiary/aromatic N) is 2. The van der Waals surface area contributed by atoms with Crippen molar-refractivity contribution in [3.8, 4) is 28.0 Å². The topological polar surface area (TPSA) is 15.7 Å². The fourth-order valence-electron chi connectivity index (χ4n) is 4.36. The van der Waals surface area contributed by atoms with E-state index in [0.717, 1.165) is 33.9 Å². The highest BCUT2D eigenvalue weighted by Gasteiger charge is 2.25. The van der Waals surface area contributed by atoms with Gasteiger partial charge >= 0.3 is 0 Å². The van der Waals surface area contributed by atoms with Crippen LogP contribution < -0.4 is 14.5 Å². The quantitative estimate of drug-likeness (QED) is 0.342. The molecule has 0 bridgehead atoms. The van der Waals surface area contributed by atoms with Crippen molar-refractivity contribution in [2.45, 2.75) is 6.92 Å². The largest absolute Gasteiger partial charge is 0.494 e. The highest BCUT2D eigenvalue weighted by molar-refractivity contribution is 5.96. The van der Waals surface area contributed by atoms with E-state index in [9.17, 15) is 4.39 Å². The highest BCUT2D eigenvalue weighted by Crippen LogP contribution is 2.48. The third-order valence-electron chi connectivity index (χ3n) is 6.27. The van der Waals surface area contributed by atoms with Gasteiger partial charge in [0.2, 0.25) is 0 Å². The molecule has 1 aliphatic rings. The number of anilines is 4. The number of ether oxygens (including phenoxy) is 1. The van der Waals surface area contributed by atoms with Gasteiger partial charge in [-0.3, -0.25) is 0 Å². The monoisotopic (exact) mass is 424 g/mol. The van der Waals surface area contributed by atoms with Crippen molar-refractivity contribution in [1.29, 1.82) is 0 Å². The van der Waals surface area contributed by atoms with Crippen molar-refractivity contribution < 1.29 is 9.13 Å². The molecular formula is C28H25FN2O. The first-order valence-corrected chi connectivity index (χ1v) is 10.6. The Morgan fingerprint density at radius 1 is 0.594 bits per heavy atom. The third kappa shape index (κ3) is 3.28. The van der Waals surface area contributed by atoms with Crippen LogP contribution in [0.5, 0.6) is 5.75 Å². The Hall–Kier alpha value is -3.79. The van der Waals surface area contributed by atoms with Crippen LogP contribution in [0, 0.1) is 12.7 Å². The van der Waals surface area contributed by atoms with Crippen molar-refractivity contribution >= 4 is 22.7 Å². The number of benzene rings is 4. The number of aryl methyl sites for hydroxylation is 1. The lowest BCUT2D eigenvalue weighted by Crippen LogP contribution is -2.24. The van der Waals surface area contributed by atoms with E-state index in [1.165, 1.54) is 29.9 Å². The first-order chi connectivity index (χ1) is 15.5. The molecule has 0 spiro atoms. The van der Waals surface area contributed by atoms with Gasteiger partial charge in [0.25, 0.3) is 0 Å². The van der Waals surface area contributed by atoms with Gasteiger partial charge in [0, 0.05) is 14.1 Å². The predicted molar refractivity (Wildman–Crippen MR) is 131 cm³/mol. The summed E-state index contributed by atoms with van der Waals surface area (Å²) in [4.78, 5) is 4.42. The van der Waals surface area contributed by atoms with E-state index in [0.29, 0.717) is 0 Å². The molecule has 0 saturated carbocycles. The Morgan fingerprint density at radius 3 is 1.59 bits per heavy atom. The van der Waals surface area contributed by atoms with Crippen molar-refractivity contribution in [2.75, 3.05) is 31.0 Å². The summed E-state index contributed by atoms with van der Waals surface area (Å²) in [5.74, 6) is -0.107. The Bertz CT molecular complexity index is 1310. The Kier molecular flexibility index (Phi) is 4.86. The molecule has 160 valence electrons. The molecule has 4 heteroatoms. The van der Waals surface area contributed by atoms with E-state index in [1.54, 1.807) is 6.07 Å². The Morgan fingerprint density at radius 2 is 1.06 bits per heavy atom. The Labute approximate surface area is 188 Å². The second kappa shape index (κ2) is 7.72. The summed E-state index contributed by atoms with van der Waals surface area (Å²) in [5, 5.41) is 0. The first kappa shape index (κ1) is 20.1. The van der Waals surface area contributed by atoms with Gasteiger partial charge in [0.1, 0.15) is 0 Å². The molecule has 4 aromatic carbocycles. The van der Waals surface area contributed by atoms with E-state index in [2.05, 4.69) is 85.4 Å². The summed E-state index contributed by atoms with van der Waals surface area (Å²) in [5.41, 5.74) is 9.92. The molecule has 1 heterocycles. The first-order valence-electron chi connectivity index (χ1n) is 10.6. The fourth-order valence-corrected chi connectivity index (χ4v) is 4.36. The van der Waals surface area contributed by atoms with Gasteiger partial charge in [-0.15, -0.1) is 0 Å². The van der Waals surface area contributed by atoms with Crippen LogP contribution >= 0.6 is 0 Å². The minimum atomic E-state index is -0.359. The lowest BCUT2D eigenvalue weighted by molar-refractivity contribution is 0.386. The molecule has 0 aromatic heterocycles. The lowest BCUT2D eigenvalue weighted by Gasteiger charge is -2.37. The molecule has 3 nitrogen and oxygen atoms in total.